The second-order valence-electron chi connectivity index (χ2n) is 34.0. The summed E-state index contributed by atoms with van der Waals surface area (Å²) in [6, 6.07) is 101. The Morgan fingerprint density at radius 1 is 0.306 bits per heavy atom. The van der Waals surface area contributed by atoms with E-state index >= 15 is 0 Å². The van der Waals surface area contributed by atoms with E-state index in [2.05, 4.69) is 289 Å². The molecule has 4 N–H and O–H groups in total. The van der Waals surface area contributed by atoms with Crippen molar-refractivity contribution in [1.82, 2.24) is 24.9 Å². The van der Waals surface area contributed by atoms with Gasteiger partial charge in [0.15, 0.2) is 23.1 Å². The number of ketones is 4. The number of hydrogen-bond donors (Lipinski definition) is 4. The number of nitrogens with zero attached hydrogens (tertiary/aromatic N) is 5. The van der Waals surface area contributed by atoms with Crippen LogP contribution in [0.2, 0.25) is 0 Å². The van der Waals surface area contributed by atoms with Crippen molar-refractivity contribution < 1.29 is 140 Å². The van der Waals surface area contributed by atoms with Gasteiger partial charge in [-0.25, -0.2) is 0 Å². The zero-order chi connectivity index (χ0) is 94.4. The number of aliphatic hydroxyl groups is 4. The summed E-state index contributed by atoms with van der Waals surface area (Å²) in [7, 11) is 0. The van der Waals surface area contributed by atoms with E-state index in [4.69, 9.17) is 40.4 Å². The molecule has 0 unspecified atom stereocenters. The van der Waals surface area contributed by atoms with Crippen LogP contribution in [-0.4, -0.2) is 68.5 Å². The molecule has 711 valence electrons. The standard InChI is InChI=1S/C23H26N.C21H22N.C20H20N.C17H14N.C15H10N.4C5H8O2.5Ir/c1-16(2)11-18-13-19(12-17(3)4)15-21(14-18)23-10-9-20-7-5-6-8-22(20)24-23;1-14(2)9-17-5-6-18-7-8-20(22-21(18)13-17)19-11-15(3)10-16(4)12-19;1-14(2)10-16-11-15(3)12-18(13-16)20-9-8-17-6-4-5-7-19(17)21-20;1-12-9-13(2)11-15(10-12)17-8-7-14-5-3-4-6-16(14)18-17;1-2-7-13(8-3-1)15-14-9-5-4-6-12(14)10-11-16-15;4*1-4(6)3-5(2)7;;;;;/h5-10,13-14,16-17H,11-12H2,1-4H3;5-8,10-11,13-14H,9H2,1-4H3;4-9,11,13-14H,10H2,1-3H3;3-10H,1-2H3;1-7,9-11H;4*3,6H,1-2H3;;;;;/q5*-1;;;;;;;;;. The number of carbonyl (C=O) groups excluding carboxylic acids is 4. The summed E-state index contributed by atoms with van der Waals surface area (Å²) in [6.07, 6.45) is 10.9. The molecule has 0 atom stereocenters. The molecule has 0 aliphatic carbocycles. The van der Waals surface area contributed by atoms with Crippen LogP contribution in [0.3, 0.4) is 0 Å². The predicted octanol–water partition coefficient (Wildman–Crippen LogP) is 29.0. The van der Waals surface area contributed by atoms with E-state index in [1.54, 1.807) is 0 Å². The number of aromatic nitrogens is 5. The fraction of sp³-hybridized carbons (Fsp3) is 0.250. The molecular formula is C116H124Ir5N5O8-5. The maximum atomic E-state index is 10.0. The Hall–Kier alpha value is -10.7. The van der Waals surface area contributed by atoms with Crippen LogP contribution in [-0.2, 0) is 145 Å². The van der Waals surface area contributed by atoms with Gasteiger partial charge in [0.25, 0.3) is 0 Å². The molecule has 13 nitrogen and oxygen atoms in total. The molecule has 0 bridgehead atoms. The predicted molar refractivity (Wildman–Crippen MR) is 536 cm³/mol. The maximum absolute atomic E-state index is 10.0. The molecule has 5 heterocycles. The summed E-state index contributed by atoms with van der Waals surface area (Å²) in [5, 5.41) is 40.6. The third-order valence-corrected chi connectivity index (χ3v) is 18.8. The third-order valence-electron chi connectivity index (χ3n) is 18.8. The van der Waals surface area contributed by atoms with Crippen molar-refractivity contribution in [2.24, 2.45) is 23.7 Å². The molecule has 0 aliphatic heterocycles. The summed E-state index contributed by atoms with van der Waals surface area (Å²) < 4.78 is 0. The number of para-hydroxylation sites is 3. The number of pyridine rings is 5. The molecule has 15 rings (SSSR count). The molecule has 5 radical (unpaired) electrons. The molecular weight excluding hydrogens is 2550 g/mol. The minimum Gasteiger partial charge on any atom is -0.512 e. The van der Waals surface area contributed by atoms with E-state index in [1.807, 2.05) is 85.1 Å². The third kappa shape index (κ3) is 43.8. The summed E-state index contributed by atoms with van der Waals surface area (Å²) in [6.45, 7) is 39.9. The van der Waals surface area contributed by atoms with Crippen molar-refractivity contribution in [3.63, 3.8) is 0 Å². The fourth-order valence-electron chi connectivity index (χ4n) is 14.2. The Morgan fingerprint density at radius 3 is 0.985 bits per heavy atom. The number of benzene rings is 10. The Kier molecular flexibility index (Phi) is 54.7. The van der Waals surface area contributed by atoms with Gasteiger partial charge in [0.2, 0.25) is 0 Å². The van der Waals surface area contributed by atoms with Gasteiger partial charge in [-0.3, -0.25) is 39.1 Å². The second kappa shape index (κ2) is 61.4. The Balaban J connectivity index is 0.000000526. The van der Waals surface area contributed by atoms with Crippen molar-refractivity contribution in [2.75, 3.05) is 0 Å². The molecule has 10 aromatic carbocycles. The van der Waals surface area contributed by atoms with E-state index < -0.39 is 0 Å². The number of allylic oxidation sites excluding steroid dienone is 8. The molecule has 0 saturated heterocycles. The van der Waals surface area contributed by atoms with E-state index in [9.17, 15) is 19.2 Å². The Morgan fingerprint density at radius 2 is 0.627 bits per heavy atom. The Labute approximate surface area is 862 Å². The van der Waals surface area contributed by atoms with E-state index in [1.165, 1.54) is 151 Å². The summed E-state index contributed by atoms with van der Waals surface area (Å²) in [5.74, 6) is 2.35. The molecule has 0 saturated carbocycles. The van der Waals surface area contributed by atoms with Crippen LogP contribution in [0.5, 0.6) is 0 Å². The van der Waals surface area contributed by atoms with Crippen LogP contribution in [0.25, 0.3) is 111 Å². The van der Waals surface area contributed by atoms with Crippen LogP contribution >= 0.6 is 0 Å². The average Bonchev–Trinajstić information content (AvgIpc) is 0.772. The smallest absolute Gasteiger partial charge is 0.155 e. The van der Waals surface area contributed by atoms with E-state index in [-0.39, 0.29) is 147 Å². The summed E-state index contributed by atoms with van der Waals surface area (Å²) in [5.41, 5.74) is 26.0. The number of aliphatic hydroxyl groups excluding tert-OH is 4. The van der Waals surface area contributed by atoms with Crippen molar-refractivity contribution in [3.05, 3.63) is 377 Å². The van der Waals surface area contributed by atoms with Gasteiger partial charge in [0.05, 0.1) is 45.1 Å². The molecule has 0 spiro atoms. The van der Waals surface area contributed by atoms with Gasteiger partial charge < -0.3 is 25.4 Å². The van der Waals surface area contributed by atoms with Crippen molar-refractivity contribution in [2.45, 2.75) is 171 Å². The SMILES string of the molecule is CC(=O)C=C(C)O.CC(=O)C=C(C)O.CC(=O)C=C(C)O.CC(=O)C=C(C)O.CC(C)Cc1[c-]c(-c2ccc3ccccc3n2)cc(CC(C)C)c1.Cc1[c-]c(-c2ccc3ccc(CC(C)C)cc3n2)cc(C)c1.Cc1[c-]c(-c2ccc3ccccc3n2)cc(C)c1.Cc1[c-]c(-c2ccc3ccccc3n2)cc(CC(C)C)c1.[Ir].[Ir].[Ir].[Ir].[Ir].[c-]1ccccc1-c1nccc2ccccc12. The van der Waals surface area contributed by atoms with E-state index in [0.717, 1.165) is 115 Å². The number of hydrogen-bond acceptors (Lipinski definition) is 13. The topological polar surface area (TPSA) is 214 Å². The monoisotopic (exact) mass is 2680 g/mol. The van der Waals surface area contributed by atoms with Crippen LogP contribution < -0.4 is 0 Å². The maximum Gasteiger partial charge on any atom is 0.155 e. The number of aryl methyl sites for hydroxylation is 5. The molecule has 0 amide bonds. The van der Waals surface area contributed by atoms with Crippen LogP contribution in [0.4, 0.5) is 0 Å². The van der Waals surface area contributed by atoms with Crippen molar-refractivity contribution in [3.8, 4) is 56.3 Å². The van der Waals surface area contributed by atoms with Crippen molar-refractivity contribution >= 4 is 77.5 Å². The molecule has 134 heavy (non-hydrogen) atoms. The van der Waals surface area contributed by atoms with Crippen LogP contribution in [0.1, 0.15) is 161 Å². The molecule has 15 aromatic rings. The molecule has 5 aromatic heterocycles. The minimum atomic E-state index is -0.125. The van der Waals surface area contributed by atoms with Gasteiger partial charge in [-0.1, -0.05) is 230 Å². The fourth-order valence-corrected chi connectivity index (χ4v) is 14.2. The van der Waals surface area contributed by atoms with Gasteiger partial charge >= 0.3 is 0 Å². The second-order valence-corrected chi connectivity index (χ2v) is 34.0. The first-order valence-corrected chi connectivity index (χ1v) is 43.7. The zero-order valence-corrected chi connectivity index (χ0v) is 92.4. The van der Waals surface area contributed by atoms with Gasteiger partial charge in [-0.2, -0.15) is 0 Å². The summed E-state index contributed by atoms with van der Waals surface area (Å²) in [4.78, 5) is 63.7. The first kappa shape index (κ1) is 119. The van der Waals surface area contributed by atoms with Crippen LogP contribution in [0, 0.1) is 88.6 Å². The largest absolute Gasteiger partial charge is 0.512 e. The number of carbonyl (C=O) groups is 4. The number of fused-ring (bicyclic) bond motifs is 5. The van der Waals surface area contributed by atoms with Gasteiger partial charge in [0, 0.05) is 131 Å². The van der Waals surface area contributed by atoms with Gasteiger partial charge in [-0.15, -0.1) is 175 Å². The minimum absolute atomic E-state index is 0. The first-order valence-electron chi connectivity index (χ1n) is 43.7. The Bertz CT molecular complexity index is 6220. The molecule has 18 heteroatoms. The average molecular weight is 2680 g/mol. The normalized spacial score (nSPS) is 10.8. The molecule has 0 fully saturated rings. The van der Waals surface area contributed by atoms with Crippen molar-refractivity contribution in [1.29, 1.82) is 0 Å². The van der Waals surface area contributed by atoms with Gasteiger partial charge in [-0.05, 0) is 201 Å². The summed E-state index contributed by atoms with van der Waals surface area (Å²) >= 11 is 0. The zero-order valence-electron chi connectivity index (χ0n) is 80.4. The first-order chi connectivity index (χ1) is 61.3. The van der Waals surface area contributed by atoms with E-state index in [0.29, 0.717) is 23.7 Å². The van der Waals surface area contributed by atoms with Gasteiger partial charge in [0.1, 0.15) is 0 Å². The van der Waals surface area contributed by atoms with Crippen LogP contribution in [0.15, 0.2) is 296 Å². The molecule has 0 aliphatic rings. The quantitative estimate of drug-likeness (QED) is 0.0380. The number of rotatable bonds is 17.